The van der Waals surface area contributed by atoms with Gasteiger partial charge >= 0.3 is 6.03 Å². The number of aromatic nitrogens is 2. The lowest BCUT2D eigenvalue weighted by atomic mass is 9.97. The van der Waals surface area contributed by atoms with E-state index in [2.05, 4.69) is 33.9 Å². The molecule has 7 heteroatoms. The minimum atomic E-state index is -0.421. The van der Waals surface area contributed by atoms with Gasteiger partial charge < -0.3 is 19.7 Å². The number of benzene rings is 1. The van der Waals surface area contributed by atoms with E-state index in [9.17, 15) is 9.18 Å². The van der Waals surface area contributed by atoms with E-state index in [0.29, 0.717) is 13.1 Å². The molecule has 1 N–H and O–H groups in total. The van der Waals surface area contributed by atoms with Gasteiger partial charge in [-0.2, -0.15) is 0 Å². The van der Waals surface area contributed by atoms with Crippen LogP contribution in [0, 0.1) is 5.82 Å². The van der Waals surface area contributed by atoms with Crippen LogP contribution in [0.1, 0.15) is 31.0 Å². The topological polar surface area (TPSA) is 53.4 Å². The smallest absolute Gasteiger partial charge is 0.321 e. The first kappa shape index (κ1) is 19.4. The third-order valence-corrected chi connectivity index (χ3v) is 4.94. The molecule has 1 aromatic carbocycles. The molecular formula is C20H28FN5O. The van der Waals surface area contributed by atoms with Gasteiger partial charge in [0.1, 0.15) is 11.6 Å². The summed E-state index contributed by atoms with van der Waals surface area (Å²) in [6.07, 6.45) is 6.83. The summed E-state index contributed by atoms with van der Waals surface area (Å²) < 4.78 is 16.0. The predicted octanol–water partition coefficient (Wildman–Crippen LogP) is 3.39. The van der Waals surface area contributed by atoms with Crippen molar-refractivity contribution >= 4 is 11.7 Å². The molecule has 0 saturated carbocycles. The number of carbonyl (C=O) groups is 1. The first-order chi connectivity index (χ1) is 13.0. The summed E-state index contributed by atoms with van der Waals surface area (Å²) in [7, 11) is 4.14. The Labute approximate surface area is 160 Å². The number of imidazole rings is 1. The molecule has 0 spiro atoms. The fourth-order valence-corrected chi connectivity index (χ4v) is 3.56. The molecule has 27 heavy (non-hydrogen) atoms. The van der Waals surface area contributed by atoms with Crippen LogP contribution in [0.25, 0.3) is 0 Å². The van der Waals surface area contributed by atoms with Crippen LogP contribution < -0.4 is 5.32 Å². The normalized spacial score (nSPS) is 17.3. The molecule has 1 atom stereocenters. The molecule has 1 aliphatic rings. The standard InChI is InChI=1S/C20H28FN5O/c1-24(2)11-6-13-25-14-10-22-19(25)16-7-5-12-26(15-16)20(27)23-18-9-4-3-8-17(18)21/h3-4,8-10,14,16H,5-7,11-13,15H2,1-2H3,(H,23,27)/t16-/m0/s1. The van der Waals surface area contributed by atoms with Crippen LogP contribution in [0.3, 0.4) is 0 Å². The van der Waals surface area contributed by atoms with Crippen molar-refractivity contribution in [2.24, 2.45) is 0 Å². The lowest BCUT2D eigenvalue weighted by Crippen LogP contribution is -2.42. The highest BCUT2D eigenvalue weighted by Crippen LogP contribution is 2.26. The summed E-state index contributed by atoms with van der Waals surface area (Å²) in [6, 6.07) is 5.99. The summed E-state index contributed by atoms with van der Waals surface area (Å²) in [5.41, 5.74) is 0.217. The van der Waals surface area contributed by atoms with Crippen molar-refractivity contribution in [1.82, 2.24) is 19.4 Å². The molecule has 2 heterocycles. The fourth-order valence-electron chi connectivity index (χ4n) is 3.56. The van der Waals surface area contributed by atoms with Crippen LogP contribution in [0.15, 0.2) is 36.7 Å². The zero-order valence-electron chi connectivity index (χ0n) is 16.1. The Balaban J connectivity index is 1.62. The molecule has 1 aliphatic heterocycles. The van der Waals surface area contributed by atoms with Gasteiger partial charge in [-0.05, 0) is 52.0 Å². The summed E-state index contributed by atoms with van der Waals surface area (Å²) >= 11 is 0. The van der Waals surface area contributed by atoms with Crippen LogP contribution in [0.5, 0.6) is 0 Å². The molecule has 0 unspecified atom stereocenters. The lowest BCUT2D eigenvalue weighted by Gasteiger charge is -2.32. The van der Waals surface area contributed by atoms with Crippen molar-refractivity contribution < 1.29 is 9.18 Å². The van der Waals surface area contributed by atoms with E-state index in [1.807, 2.05) is 12.4 Å². The SMILES string of the molecule is CN(C)CCCn1ccnc1[C@H]1CCCN(C(=O)Nc2ccccc2F)C1. The van der Waals surface area contributed by atoms with E-state index in [1.54, 1.807) is 23.1 Å². The van der Waals surface area contributed by atoms with Gasteiger partial charge in [0.05, 0.1) is 5.69 Å². The lowest BCUT2D eigenvalue weighted by molar-refractivity contribution is 0.190. The summed E-state index contributed by atoms with van der Waals surface area (Å²) in [5.74, 6) is 0.826. The predicted molar refractivity (Wildman–Crippen MR) is 104 cm³/mol. The molecule has 0 aliphatic carbocycles. The zero-order valence-corrected chi connectivity index (χ0v) is 16.1. The zero-order chi connectivity index (χ0) is 19.2. The van der Waals surface area contributed by atoms with Crippen LogP contribution in [-0.2, 0) is 6.54 Å². The molecule has 1 aromatic heterocycles. The molecular weight excluding hydrogens is 345 g/mol. The van der Waals surface area contributed by atoms with Gasteiger partial charge in [-0.1, -0.05) is 12.1 Å². The number of hydrogen-bond donors (Lipinski definition) is 1. The van der Waals surface area contributed by atoms with Crippen molar-refractivity contribution in [1.29, 1.82) is 0 Å². The van der Waals surface area contributed by atoms with E-state index in [1.165, 1.54) is 6.07 Å². The monoisotopic (exact) mass is 373 g/mol. The maximum absolute atomic E-state index is 13.8. The molecule has 146 valence electrons. The Morgan fingerprint density at radius 3 is 2.96 bits per heavy atom. The number of nitrogens with zero attached hydrogens (tertiary/aromatic N) is 4. The molecule has 0 bridgehead atoms. The number of piperidine rings is 1. The third-order valence-electron chi connectivity index (χ3n) is 4.94. The van der Waals surface area contributed by atoms with Crippen molar-refractivity contribution in [2.75, 3.05) is 39.0 Å². The minimum Gasteiger partial charge on any atom is -0.335 e. The van der Waals surface area contributed by atoms with Crippen molar-refractivity contribution in [3.63, 3.8) is 0 Å². The Bertz CT molecular complexity index is 760. The number of para-hydroxylation sites is 1. The van der Waals surface area contributed by atoms with Crippen LogP contribution in [0.2, 0.25) is 0 Å². The number of likely N-dealkylation sites (tertiary alicyclic amines) is 1. The molecule has 6 nitrogen and oxygen atoms in total. The van der Waals surface area contributed by atoms with Gasteiger partial charge in [-0.25, -0.2) is 14.2 Å². The van der Waals surface area contributed by atoms with Crippen LogP contribution in [-0.4, -0.2) is 59.1 Å². The number of aryl methyl sites for hydroxylation is 1. The minimum absolute atomic E-state index is 0.208. The molecule has 3 rings (SSSR count). The molecule has 2 aromatic rings. The van der Waals surface area contributed by atoms with E-state index < -0.39 is 5.82 Å². The maximum Gasteiger partial charge on any atom is 0.321 e. The highest BCUT2D eigenvalue weighted by molar-refractivity contribution is 5.89. The number of anilines is 1. The quantitative estimate of drug-likeness (QED) is 0.845. The van der Waals surface area contributed by atoms with Crippen molar-refractivity contribution in [3.05, 3.63) is 48.3 Å². The van der Waals surface area contributed by atoms with E-state index >= 15 is 0 Å². The first-order valence-electron chi connectivity index (χ1n) is 9.51. The first-order valence-corrected chi connectivity index (χ1v) is 9.51. The number of hydrogen-bond acceptors (Lipinski definition) is 3. The van der Waals surface area contributed by atoms with Crippen molar-refractivity contribution in [2.45, 2.75) is 31.7 Å². The van der Waals surface area contributed by atoms with Gasteiger partial charge in [0, 0.05) is 37.9 Å². The average Bonchev–Trinajstić information content (AvgIpc) is 3.12. The summed E-state index contributed by atoms with van der Waals surface area (Å²) in [4.78, 5) is 21.1. The van der Waals surface area contributed by atoms with Gasteiger partial charge in [-0.15, -0.1) is 0 Å². The van der Waals surface area contributed by atoms with Crippen LogP contribution >= 0.6 is 0 Å². The summed E-state index contributed by atoms with van der Waals surface area (Å²) in [5, 5.41) is 2.69. The Hall–Kier alpha value is -2.41. The number of halogens is 1. The molecule has 1 saturated heterocycles. The Morgan fingerprint density at radius 1 is 1.37 bits per heavy atom. The highest BCUT2D eigenvalue weighted by Gasteiger charge is 2.27. The highest BCUT2D eigenvalue weighted by atomic mass is 19.1. The average molecular weight is 373 g/mol. The number of amides is 2. The molecule has 0 radical (unpaired) electrons. The van der Waals surface area contributed by atoms with Gasteiger partial charge in [-0.3, -0.25) is 0 Å². The van der Waals surface area contributed by atoms with Gasteiger partial charge in [0.15, 0.2) is 0 Å². The van der Waals surface area contributed by atoms with Gasteiger partial charge in [0.25, 0.3) is 0 Å². The molecule has 2 amide bonds. The second-order valence-electron chi connectivity index (χ2n) is 7.33. The number of urea groups is 1. The fraction of sp³-hybridized carbons (Fsp3) is 0.500. The second kappa shape index (κ2) is 8.99. The third kappa shape index (κ3) is 5.07. The number of carbonyl (C=O) groups excluding carboxylic acids is 1. The number of rotatable bonds is 6. The summed E-state index contributed by atoms with van der Waals surface area (Å²) in [6.45, 7) is 3.23. The largest absolute Gasteiger partial charge is 0.335 e. The van der Waals surface area contributed by atoms with Crippen molar-refractivity contribution in [3.8, 4) is 0 Å². The van der Waals surface area contributed by atoms with E-state index in [-0.39, 0.29) is 17.6 Å². The maximum atomic E-state index is 13.8. The molecule has 1 fully saturated rings. The Morgan fingerprint density at radius 2 is 2.19 bits per heavy atom. The van der Waals surface area contributed by atoms with E-state index in [4.69, 9.17) is 0 Å². The number of nitrogens with one attached hydrogen (secondary N) is 1. The van der Waals surface area contributed by atoms with Gasteiger partial charge in [0.2, 0.25) is 0 Å². The van der Waals surface area contributed by atoms with Crippen LogP contribution in [0.4, 0.5) is 14.9 Å². The van der Waals surface area contributed by atoms with E-state index in [0.717, 1.165) is 38.2 Å². The Kier molecular flexibility index (Phi) is 6.45. The second-order valence-corrected chi connectivity index (χ2v) is 7.33.